The lowest BCUT2D eigenvalue weighted by atomic mass is 9.44. The second-order valence-electron chi connectivity index (χ2n) is 12.3. The van der Waals surface area contributed by atoms with Gasteiger partial charge in [-0.3, -0.25) is 4.98 Å². The van der Waals surface area contributed by atoms with Gasteiger partial charge in [0.2, 0.25) is 0 Å². The van der Waals surface area contributed by atoms with Crippen LogP contribution < -0.4 is 5.73 Å². The van der Waals surface area contributed by atoms with Gasteiger partial charge in [-0.15, -0.1) is 0 Å². The minimum Gasteiger partial charge on any atom is -0.506 e. The fourth-order valence-electron chi connectivity index (χ4n) is 9.33. The molecule has 4 fully saturated rings. The molecule has 1 heterocycles. The van der Waals surface area contributed by atoms with Gasteiger partial charge in [0.25, 0.3) is 0 Å². The lowest BCUT2D eigenvalue weighted by molar-refractivity contribution is -0.115. The second-order valence-corrected chi connectivity index (χ2v) is 12.3. The molecule has 10 atom stereocenters. The maximum Gasteiger partial charge on any atom is 0.137 e. The van der Waals surface area contributed by atoms with Crippen LogP contribution in [0.2, 0.25) is 0 Å². The van der Waals surface area contributed by atoms with Gasteiger partial charge >= 0.3 is 0 Å². The number of hydrogen-bond donors (Lipinski definition) is 3. The van der Waals surface area contributed by atoms with Crippen LogP contribution in [0.4, 0.5) is 0 Å². The maximum absolute atomic E-state index is 11.4. The zero-order valence-electron chi connectivity index (χ0n) is 19.8. The van der Waals surface area contributed by atoms with Gasteiger partial charge in [0.1, 0.15) is 5.75 Å². The summed E-state index contributed by atoms with van der Waals surface area (Å²) in [5, 5.41) is 22.0. The van der Waals surface area contributed by atoms with E-state index in [1.54, 1.807) is 0 Å². The maximum atomic E-state index is 11.4. The first-order chi connectivity index (χ1) is 14.6. The van der Waals surface area contributed by atoms with Crippen molar-refractivity contribution in [3.05, 3.63) is 23.5 Å². The van der Waals surface area contributed by atoms with E-state index in [1.807, 2.05) is 19.2 Å². The van der Waals surface area contributed by atoms with Crippen molar-refractivity contribution >= 4 is 0 Å². The van der Waals surface area contributed by atoms with Gasteiger partial charge in [-0.1, -0.05) is 20.8 Å². The van der Waals surface area contributed by atoms with Gasteiger partial charge in [-0.2, -0.15) is 0 Å². The Morgan fingerprint density at radius 1 is 1.06 bits per heavy atom. The second kappa shape index (κ2) is 7.45. The number of aromatic nitrogens is 1. The molecule has 0 bridgehead atoms. The summed E-state index contributed by atoms with van der Waals surface area (Å²) < 4.78 is 0. The fourth-order valence-corrected chi connectivity index (χ4v) is 9.33. The van der Waals surface area contributed by atoms with Crippen LogP contribution >= 0.6 is 0 Å². The minimum atomic E-state index is -0.309. The first-order valence-electron chi connectivity index (χ1n) is 12.7. The highest BCUT2D eigenvalue weighted by atomic mass is 16.3. The van der Waals surface area contributed by atoms with Crippen molar-refractivity contribution in [3.8, 4) is 5.75 Å². The van der Waals surface area contributed by atoms with Crippen molar-refractivity contribution in [2.75, 3.05) is 0 Å². The molecular weight excluding hydrogens is 384 g/mol. The summed E-state index contributed by atoms with van der Waals surface area (Å²) in [6.07, 6.45) is 11.2. The zero-order valence-corrected chi connectivity index (χ0v) is 19.8. The molecule has 4 nitrogen and oxygen atoms in total. The van der Waals surface area contributed by atoms with Crippen LogP contribution in [-0.4, -0.2) is 27.3 Å². The number of aliphatic hydroxyl groups is 1. The van der Waals surface area contributed by atoms with E-state index in [9.17, 15) is 10.2 Å². The lowest BCUT2D eigenvalue weighted by Crippen LogP contribution is -2.54. The lowest BCUT2D eigenvalue weighted by Gasteiger charge is -2.61. The molecule has 5 rings (SSSR count). The molecule has 0 amide bonds. The van der Waals surface area contributed by atoms with Crippen LogP contribution in [0, 0.1) is 47.3 Å². The summed E-state index contributed by atoms with van der Waals surface area (Å²) in [4.78, 5) is 4.61. The molecule has 0 unspecified atom stereocenters. The number of pyridine rings is 1. The Hall–Kier alpha value is -1.13. The Kier molecular flexibility index (Phi) is 5.21. The van der Waals surface area contributed by atoms with E-state index in [4.69, 9.17) is 5.73 Å². The van der Waals surface area contributed by atoms with Gasteiger partial charge < -0.3 is 15.9 Å². The van der Waals surface area contributed by atoms with Crippen LogP contribution in [-0.2, 0) is 0 Å². The number of rotatable bonds is 2. The predicted molar refractivity (Wildman–Crippen MR) is 124 cm³/mol. The molecule has 4 heteroatoms. The first kappa shape index (κ1) is 21.7. The summed E-state index contributed by atoms with van der Waals surface area (Å²) >= 11 is 0. The number of aliphatic hydroxyl groups excluding tert-OH is 1. The van der Waals surface area contributed by atoms with Gasteiger partial charge in [-0.25, -0.2) is 0 Å². The van der Waals surface area contributed by atoms with Gasteiger partial charge in [0, 0.05) is 18.2 Å². The number of aryl methyl sites for hydroxylation is 1. The van der Waals surface area contributed by atoms with Crippen LogP contribution in [0.25, 0.3) is 0 Å². The van der Waals surface area contributed by atoms with E-state index in [1.165, 1.54) is 44.9 Å². The van der Waals surface area contributed by atoms with Crippen molar-refractivity contribution in [3.63, 3.8) is 0 Å². The predicted octanol–water partition coefficient (Wildman–Crippen LogP) is 5.16. The van der Waals surface area contributed by atoms with Crippen molar-refractivity contribution in [1.82, 2.24) is 4.98 Å². The number of hydrogen-bond acceptors (Lipinski definition) is 4. The first-order valence-corrected chi connectivity index (χ1v) is 12.7. The summed E-state index contributed by atoms with van der Waals surface area (Å²) in [6, 6.07) is 2.21. The van der Waals surface area contributed by atoms with Crippen molar-refractivity contribution in [2.45, 2.75) is 97.1 Å². The number of aromatic hydroxyl groups is 1. The molecule has 0 radical (unpaired) electrons. The van der Waals surface area contributed by atoms with E-state index in [-0.39, 0.29) is 29.1 Å². The molecule has 1 aromatic rings. The molecule has 0 saturated heterocycles. The Labute approximate surface area is 188 Å². The molecule has 4 N–H and O–H groups in total. The quantitative estimate of drug-likeness (QED) is 0.610. The normalized spacial score (nSPS) is 47.9. The van der Waals surface area contributed by atoms with Crippen LogP contribution in [0.15, 0.2) is 12.3 Å². The van der Waals surface area contributed by atoms with Crippen molar-refractivity contribution in [2.24, 2.45) is 46.2 Å². The highest BCUT2D eigenvalue weighted by Crippen LogP contribution is 2.68. The third-order valence-electron chi connectivity index (χ3n) is 10.8. The van der Waals surface area contributed by atoms with Crippen LogP contribution in [0.5, 0.6) is 5.75 Å². The van der Waals surface area contributed by atoms with E-state index in [2.05, 4.69) is 25.8 Å². The summed E-state index contributed by atoms with van der Waals surface area (Å²) in [5.74, 6) is 3.37. The largest absolute Gasteiger partial charge is 0.506 e. The van der Waals surface area contributed by atoms with E-state index >= 15 is 0 Å². The van der Waals surface area contributed by atoms with Gasteiger partial charge in [0.15, 0.2) is 0 Å². The fraction of sp³-hybridized carbons (Fsp3) is 0.815. The summed E-state index contributed by atoms with van der Waals surface area (Å²) in [6.45, 7) is 9.15. The topological polar surface area (TPSA) is 79.4 Å². The zero-order chi connectivity index (χ0) is 22.1. The Morgan fingerprint density at radius 2 is 1.81 bits per heavy atom. The smallest absolute Gasteiger partial charge is 0.137 e. The third kappa shape index (κ3) is 3.19. The van der Waals surface area contributed by atoms with E-state index < -0.39 is 0 Å². The molecule has 172 valence electrons. The highest BCUT2D eigenvalue weighted by Gasteiger charge is 2.63. The standard InChI is InChI=1S/C27H42N2O2/c1-15-11-23(31)25(29-14-15)16(2)24-22(30)13-21-19-6-5-17-12-18(28)7-9-26(17,3)20(19)8-10-27(21,24)4/h11,14,16-22,24,30-31H,5-10,12-13,28H2,1-4H3/t16-,17+,18+,19-,20+,21+,22-,24+,26+,27+/m1/s1. The number of nitrogens with two attached hydrogens (primary N) is 1. The number of nitrogens with zero attached hydrogens (tertiary/aromatic N) is 1. The summed E-state index contributed by atoms with van der Waals surface area (Å²) in [5.41, 5.74) is 8.65. The average Bonchev–Trinajstić information content (AvgIpc) is 2.98. The third-order valence-corrected chi connectivity index (χ3v) is 10.8. The summed E-state index contributed by atoms with van der Waals surface area (Å²) in [7, 11) is 0. The Bertz CT molecular complexity index is 843. The molecule has 0 spiro atoms. The average molecular weight is 427 g/mol. The van der Waals surface area contributed by atoms with Gasteiger partial charge in [0.05, 0.1) is 11.8 Å². The molecule has 4 aliphatic rings. The molecule has 0 aliphatic heterocycles. The number of fused-ring (bicyclic) bond motifs is 5. The van der Waals surface area contributed by atoms with E-state index in [0.29, 0.717) is 17.4 Å². The van der Waals surface area contributed by atoms with E-state index in [0.717, 1.165) is 35.4 Å². The molecule has 31 heavy (non-hydrogen) atoms. The van der Waals surface area contributed by atoms with Gasteiger partial charge in [-0.05, 0) is 110 Å². The minimum absolute atomic E-state index is 0.0572. The van der Waals surface area contributed by atoms with Crippen molar-refractivity contribution in [1.29, 1.82) is 0 Å². The molecule has 4 saturated carbocycles. The Balaban J connectivity index is 1.44. The molecule has 1 aromatic heterocycles. The van der Waals surface area contributed by atoms with Crippen molar-refractivity contribution < 1.29 is 10.2 Å². The molecular formula is C27H42N2O2. The van der Waals surface area contributed by atoms with Crippen LogP contribution in [0.3, 0.4) is 0 Å². The monoisotopic (exact) mass is 426 g/mol. The molecule has 0 aromatic carbocycles. The molecule has 4 aliphatic carbocycles. The Morgan fingerprint density at radius 3 is 2.55 bits per heavy atom. The SMILES string of the molecule is Cc1cnc([C@H](C)[C@H]2[C@H](O)C[C@H]3[C@@H]4CC[C@H]5C[C@@H](N)CC[C@]5(C)[C@H]4CC[C@]23C)c(O)c1. The van der Waals surface area contributed by atoms with Crippen LogP contribution in [0.1, 0.15) is 89.3 Å². The highest BCUT2D eigenvalue weighted by molar-refractivity contribution is 5.33.